The highest BCUT2D eigenvalue weighted by Crippen LogP contribution is 2.40. The van der Waals surface area contributed by atoms with Crippen LogP contribution in [0.25, 0.3) is 0 Å². The molecule has 2 heterocycles. The van der Waals surface area contributed by atoms with E-state index in [4.69, 9.17) is 4.74 Å². The molecule has 1 aromatic carbocycles. The molecule has 3 rings (SSSR count). The Bertz CT molecular complexity index is 1060. The van der Waals surface area contributed by atoms with E-state index in [1.807, 2.05) is 52.0 Å². The zero-order chi connectivity index (χ0) is 23.4. The third kappa shape index (κ3) is 4.85. The summed E-state index contributed by atoms with van der Waals surface area (Å²) >= 11 is 1.47. The van der Waals surface area contributed by atoms with Crippen LogP contribution < -0.4 is 15.8 Å². The molecular weight excluding hydrogens is 424 g/mol. The van der Waals surface area contributed by atoms with Gasteiger partial charge in [-0.15, -0.1) is 0 Å². The lowest BCUT2D eigenvalue weighted by molar-refractivity contribution is -0.143. The molecule has 1 aliphatic rings. The molecule has 0 saturated heterocycles. The van der Waals surface area contributed by atoms with Gasteiger partial charge in [-0.2, -0.15) is 0 Å². The summed E-state index contributed by atoms with van der Waals surface area (Å²) in [5.74, 6) is 0.278. The quantitative estimate of drug-likeness (QED) is 0.343. The summed E-state index contributed by atoms with van der Waals surface area (Å²) in [5, 5.41) is 3.73. The van der Waals surface area contributed by atoms with Crippen LogP contribution in [0.3, 0.4) is 0 Å². The minimum absolute atomic E-state index is 0.251. The predicted molar refractivity (Wildman–Crippen MR) is 131 cm³/mol. The number of ether oxygens (including phenoxy) is 1. The third-order valence-electron chi connectivity index (χ3n) is 5.42. The molecule has 0 amide bonds. The number of aromatic amines is 1. The van der Waals surface area contributed by atoms with Crippen molar-refractivity contribution in [1.82, 2.24) is 9.97 Å². The van der Waals surface area contributed by atoms with Crippen molar-refractivity contribution in [3.05, 3.63) is 57.0 Å². The van der Waals surface area contributed by atoms with Gasteiger partial charge in [-0.1, -0.05) is 30.8 Å². The van der Waals surface area contributed by atoms with Crippen molar-refractivity contribution in [1.29, 1.82) is 0 Å². The van der Waals surface area contributed by atoms with E-state index < -0.39 is 11.9 Å². The van der Waals surface area contributed by atoms with Crippen molar-refractivity contribution in [2.24, 2.45) is 0 Å². The van der Waals surface area contributed by atoms with Crippen molar-refractivity contribution in [2.45, 2.75) is 58.7 Å². The van der Waals surface area contributed by atoms with Crippen molar-refractivity contribution in [3.63, 3.8) is 0 Å². The molecule has 172 valence electrons. The van der Waals surface area contributed by atoms with E-state index in [9.17, 15) is 9.59 Å². The van der Waals surface area contributed by atoms with Gasteiger partial charge in [0.15, 0.2) is 5.16 Å². The van der Waals surface area contributed by atoms with Gasteiger partial charge < -0.3 is 19.9 Å². The smallest absolute Gasteiger partial charge is 0.337 e. The maximum absolute atomic E-state index is 13.2. The number of hydrogen-bond donors (Lipinski definition) is 2. The minimum Gasteiger partial charge on any atom is -0.460 e. The number of esters is 1. The Hall–Kier alpha value is -2.74. The molecule has 8 heteroatoms. The van der Waals surface area contributed by atoms with Gasteiger partial charge in [0.2, 0.25) is 0 Å². The van der Waals surface area contributed by atoms with Crippen LogP contribution in [0.1, 0.15) is 58.6 Å². The zero-order valence-corrected chi connectivity index (χ0v) is 20.4. The standard InChI is InChI=1S/C24H32N4O3S/c1-7-28(8-2)17-12-10-16(11-13-17)19-18(23(30)31-14(4)5)15(6)25-21-20(19)22(29)27-24(26-21)32-9-3/h10-14,19H,7-9H2,1-6H3,(H2,25,26,27,29). The Morgan fingerprint density at radius 2 is 1.84 bits per heavy atom. The molecule has 1 atom stereocenters. The third-order valence-corrected chi connectivity index (χ3v) is 6.17. The summed E-state index contributed by atoms with van der Waals surface area (Å²) in [5.41, 5.74) is 3.21. The number of thioether (sulfide) groups is 1. The van der Waals surface area contributed by atoms with E-state index in [1.165, 1.54) is 11.8 Å². The van der Waals surface area contributed by atoms with E-state index in [-0.39, 0.29) is 11.7 Å². The first kappa shape index (κ1) is 23.9. The second kappa shape index (κ2) is 10.3. The fraction of sp³-hybridized carbons (Fsp3) is 0.458. The molecule has 1 unspecified atom stereocenters. The number of H-pyrrole nitrogens is 1. The number of nitrogens with zero attached hydrogens (tertiary/aromatic N) is 2. The molecule has 32 heavy (non-hydrogen) atoms. The summed E-state index contributed by atoms with van der Waals surface area (Å²) < 4.78 is 5.54. The highest BCUT2D eigenvalue weighted by atomic mass is 32.2. The molecule has 7 nitrogen and oxygen atoms in total. The van der Waals surface area contributed by atoms with Crippen molar-refractivity contribution in [2.75, 3.05) is 29.1 Å². The lowest BCUT2D eigenvalue weighted by Gasteiger charge is -2.29. The number of aromatic nitrogens is 2. The molecule has 0 radical (unpaired) electrons. The fourth-order valence-electron chi connectivity index (χ4n) is 3.98. The Balaban J connectivity index is 2.16. The number of benzene rings is 1. The molecule has 0 bridgehead atoms. The number of anilines is 2. The van der Waals surface area contributed by atoms with Gasteiger partial charge in [-0.25, -0.2) is 9.78 Å². The second-order valence-corrected chi connectivity index (χ2v) is 9.13. The summed E-state index contributed by atoms with van der Waals surface area (Å²) in [6.07, 6.45) is -0.269. The van der Waals surface area contributed by atoms with Crippen LogP contribution in [0.5, 0.6) is 0 Å². The zero-order valence-electron chi connectivity index (χ0n) is 19.6. The van der Waals surface area contributed by atoms with E-state index in [1.54, 1.807) is 0 Å². The normalized spacial score (nSPS) is 15.4. The summed E-state index contributed by atoms with van der Waals surface area (Å²) in [7, 11) is 0. The number of hydrogen-bond acceptors (Lipinski definition) is 7. The van der Waals surface area contributed by atoms with Gasteiger partial charge in [-0.05, 0) is 58.1 Å². The number of allylic oxidation sites excluding steroid dienone is 1. The Kier molecular flexibility index (Phi) is 7.66. The van der Waals surface area contributed by atoms with Crippen LogP contribution in [-0.2, 0) is 9.53 Å². The molecule has 0 aliphatic carbocycles. The number of nitrogens with one attached hydrogen (secondary N) is 2. The summed E-state index contributed by atoms with van der Waals surface area (Å²) in [4.78, 5) is 36.0. The average Bonchev–Trinajstić information content (AvgIpc) is 2.73. The van der Waals surface area contributed by atoms with Crippen molar-refractivity contribution < 1.29 is 9.53 Å². The molecule has 2 N–H and O–H groups in total. The van der Waals surface area contributed by atoms with E-state index >= 15 is 0 Å². The molecule has 1 aliphatic heterocycles. The fourth-order valence-corrected chi connectivity index (χ4v) is 4.58. The first-order chi connectivity index (χ1) is 15.3. The number of carbonyl (C=O) groups excluding carboxylic acids is 1. The van der Waals surface area contributed by atoms with Crippen LogP contribution >= 0.6 is 11.8 Å². The van der Waals surface area contributed by atoms with Crippen LogP contribution in [0.2, 0.25) is 0 Å². The number of carbonyl (C=O) groups is 1. The van der Waals surface area contributed by atoms with Crippen LogP contribution in [-0.4, -0.2) is 40.9 Å². The monoisotopic (exact) mass is 456 g/mol. The molecular formula is C24H32N4O3S. The maximum Gasteiger partial charge on any atom is 0.337 e. The average molecular weight is 457 g/mol. The maximum atomic E-state index is 13.2. The van der Waals surface area contributed by atoms with Gasteiger partial charge in [-0.3, -0.25) is 4.79 Å². The summed E-state index contributed by atoms with van der Waals surface area (Å²) in [6, 6.07) is 8.04. The highest BCUT2D eigenvalue weighted by molar-refractivity contribution is 7.99. The first-order valence-corrected chi connectivity index (χ1v) is 12.1. The number of rotatable bonds is 8. The predicted octanol–water partition coefficient (Wildman–Crippen LogP) is 4.51. The largest absolute Gasteiger partial charge is 0.460 e. The van der Waals surface area contributed by atoms with Gasteiger partial charge in [0.1, 0.15) is 5.82 Å². The van der Waals surface area contributed by atoms with Crippen molar-refractivity contribution in [3.8, 4) is 0 Å². The molecule has 0 fully saturated rings. The summed E-state index contributed by atoms with van der Waals surface area (Å²) in [6.45, 7) is 13.5. The van der Waals surface area contributed by atoms with Gasteiger partial charge >= 0.3 is 5.97 Å². The van der Waals surface area contributed by atoms with Crippen LogP contribution in [0, 0.1) is 0 Å². The van der Waals surface area contributed by atoms with Gasteiger partial charge in [0.05, 0.1) is 23.2 Å². The Morgan fingerprint density at radius 3 is 2.41 bits per heavy atom. The Labute approximate surface area is 193 Å². The SMILES string of the molecule is CCSc1nc2c(c(=O)[nH]1)C(c1ccc(N(CC)CC)cc1)C(C(=O)OC(C)C)=C(C)N2. The molecule has 2 aromatic rings. The first-order valence-electron chi connectivity index (χ1n) is 11.1. The minimum atomic E-state index is -0.569. The second-order valence-electron chi connectivity index (χ2n) is 7.88. The van der Waals surface area contributed by atoms with Gasteiger partial charge in [0.25, 0.3) is 5.56 Å². The number of fused-ring (bicyclic) bond motifs is 1. The van der Waals surface area contributed by atoms with E-state index in [0.29, 0.717) is 27.8 Å². The Morgan fingerprint density at radius 1 is 1.19 bits per heavy atom. The molecule has 1 aromatic heterocycles. The van der Waals surface area contributed by atoms with Gasteiger partial charge in [0, 0.05) is 24.5 Å². The van der Waals surface area contributed by atoms with E-state index in [2.05, 4.69) is 34.0 Å². The molecule has 0 spiro atoms. The van der Waals surface area contributed by atoms with Crippen LogP contribution in [0.15, 0.2) is 45.5 Å². The van der Waals surface area contributed by atoms with Crippen molar-refractivity contribution >= 4 is 29.2 Å². The molecule has 0 saturated carbocycles. The lowest BCUT2D eigenvalue weighted by Crippen LogP contribution is -2.32. The topological polar surface area (TPSA) is 87.3 Å². The highest BCUT2D eigenvalue weighted by Gasteiger charge is 2.36. The van der Waals surface area contributed by atoms with E-state index in [0.717, 1.165) is 30.1 Å². The van der Waals surface area contributed by atoms with Crippen LogP contribution in [0.4, 0.5) is 11.5 Å². The lowest BCUT2D eigenvalue weighted by atomic mass is 9.82.